The van der Waals surface area contributed by atoms with Gasteiger partial charge in [-0.15, -0.1) is 0 Å². The second-order valence-corrected chi connectivity index (χ2v) is 6.37. The van der Waals surface area contributed by atoms with Gasteiger partial charge in [-0.1, -0.05) is 30.3 Å². The van der Waals surface area contributed by atoms with Crippen LogP contribution >= 0.6 is 0 Å². The average molecular weight is 327 g/mol. The van der Waals surface area contributed by atoms with Gasteiger partial charge in [0.05, 0.1) is 7.11 Å². The lowest BCUT2D eigenvalue weighted by Gasteiger charge is -2.29. The van der Waals surface area contributed by atoms with E-state index in [9.17, 15) is 9.59 Å². The van der Waals surface area contributed by atoms with E-state index in [2.05, 4.69) is 5.32 Å². The van der Waals surface area contributed by atoms with Crippen LogP contribution in [0.5, 0.6) is 5.75 Å². The van der Waals surface area contributed by atoms with Gasteiger partial charge in [0, 0.05) is 23.8 Å². The molecule has 0 saturated carbocycles. The molecule has 1 aliphatic rings. The molecule has 2 aromatic rings. The number of aliphatic carboxylic acids is 1. The Balaban J connectivity index is 1.97. The predicted molar refractivity (Wildman–Crippen MR) is 91.2 cm³/mol. The first-order valence-electron chi connectivity index (χ1n) is 8.10. The molecule has 5 heteroatoms. The second-order valence-electron chi connectivity index (χ2n) is 6.37. The van der Waals surface area contributed by atoms with E-state index in [0.717, 1.165) is 22.1 Å². The maximum absolute atomic E-state index is 11.8. The fourth-order valence-electron chi connectivity index (χ4n) is 3.56. The minimum Gasteiger partial charge on any atom is -0.496 e. The van der Waals surface area contributed by atoms with Gasteiger partial charge in [-0.05, 0) is 36.3 Å². The van der Waals surface area contributed by atoms with E-state index in [1.54, 1.807) is 7.11 Å². The molecule has 1 saturated heterocycles. The summed E-state index contributed by atoms with van der Waals surface area (Å²) in [5.41, 5.74) is 0.617. The molecule has 1 unspecified atom stereocenters. The van der Waals surface area contributed by atoms with Gasteiger partial charge in [0.25, 0.3) is 0 Å². The molecule has 1 aliphatic heterocycles. The number of rotatable bonds is 6. The van der Waals surface area contributed by atoms with Crippen LogP contribution in [0.25, 0.3) is 10.8 Å². The highest BCUT2D eigenvalue weighted by Gasteiger charge is 2.38. The molecule has 3 rings (SSSR count). The Labute approximate surface area is 140 Å². The van der Waals surface area contributed by atoms with E-state index in [-0.39, 0.29) is 12.3 Å². The lowest BCUT2D eigenvalue weighted by atomic mass is 9.83. The van der Waals surface area contributed by atoms with Gasteiger partial charge < -0.3 is 15.2 Å². The van der Waals surface area contributed by atoms with Crippen molar-refractivity contribution in [3.8, 4) is 5.75 Å². The predicted octanol–water partition coefficient (Wildman–Crippen LogP) is 2.90. The van der Waals surface area contributed by atoms with Crippen molar-refractivity contribution in [2.45, 2.75) is 37.6 Å². The summed E-state index contributed by atoms with van der Waals surface area (Å²) >= 11 is 0. The van der Waals surface area contributed by atoms with E-state index < -0.39 is 11.5 Å². The number of carbonyl (C=O) groups is 2. The largest absolute Gasteiger partial charge is 0.496 e. The number of hydrogen-bond acceptors (Lipinski definition) is 3. The van der Waals surface area contributed by atoms with E-state index >= 15 is 0 Å². The maximum Gasteiger partial charge on any atom is 0.303 e. The molecule has 0 bridgehead atoms. The van der Waals surface area contributed by atoms with Gasteiger partial charge in [0.1, 0.15) is 5.75 Å². The van der Waals surface area contributed by atoms with Gasteiger partial charge in [0.2, 0.25) is 5.91 Å². The first-order chi connectivity index (χ1) is 11.5. The lowest BCUT2D eigenvalue weighted by molar-refractivity contribution is -0.137. The number of amides is 1. The maximum atomic E-state index is 11.8. The van der Waals surface area contributed by atoms with Crippen molar-refractivity contribution in [3.05, 3.63) is 42.0 Å². The van der Waals surface area contributed by atoms with Crippen molar-refractivity contribution in [1.29, 1.82) is 0 Å². The third kappa shape index (κ3) is 3.20. The van der Waals surface area contributed by atoms with Gasteiger partial charge in [-0.2, -0.15) is 0 Å². The van der Waals surface area contributed by atoms with Crippen molar-refractivity contribution in [2.75, 3.05) is 7.11 Å². The molecule has 2 N–H and O–H groups in total. The van der Waals surface area contributed by atoms with Crippen LogP contribution in [0.1, 0.15) is 31.2 Å². The molecule has 126 valence electrons. The monoisotopic (exact) mass is 327 g/mol. The molecule has 1 heterocycles. The Morgan fingerprint density at radius 2 is 2.00 bits per heavy atom. The van der Waals surface area contributed by atoms with Crippen molar-refractivity contribution in [2.24, 2.45) is 0 Å². The smallest absolute Gasteiger partial charge is 0.303 e. The number of fused-ring (bicyclic) bond motifs is 1. The molecule has 5 nitrogen and oxygen atoms in total. The Hall–Kier alpha value is -2.56. The van der Waals surface area contributed by atoms with Crippen LogP contribution in [0.4, 0.5) is 0 Å². The van der Waals surface area contributed by atoms with Crippen LogP contribution in [-0.2, 0) is 16.0 Å². The average Bonchev–Trinajstić information content (AvgIpc) is 2.95. The Morgan fingerprint density at radius 3 is 2.62 bits per heavy atom. The molecule has 0 aliphatic carbocycles. The Kier molecular flexibility index (Phi) is 4.42. The molecular formula is C19H21NO4. The first-order valence-corrected chi connectivity index (χ1v) is 8.10. The number of carbonyl (C=O) groups excluding carboxylic acids is 1. The molecule has 1 fully saturated rings. The molecule has 2 aromatic carbocycles. The summed E-state index contributed by atoms with van der Waals surface area (Å²) < 4.78 is 5.43. The molecular weight excluding hydrogens is 306 g/mol. The minimum absolute atomic E-state index is 0.00166. The molecule has 24 heavy (non-hydrogen) atoms. The zero-order valence-corrected chi connectivity index (χ0v) is 13.7. The Bertz CT molecular complexity index is 786. The van der Waals surface area contributed by atoms with Crippen LogP contribution in [0.3, 0.4) is 0 Å². The quantitative estimate of drug-likeness (QED) is 0.855. The number of nitrogens with one attached hydrogen (secondary N) is 1. The third-order valence-corrected chi connectivity index (χ3v) is 4.78. The highest BCUT2D eigenvalue weighted by Crippen LogP contribution is 2.34. The fraction of sp³-hybridized carbons (Fsp3) is 0.368. The molecule has 0 aromatic heterocycles. The summed E-state index contributed by atoms with van der Waals surface area (Å²) in [6, 6.07) is 11.9. The van der Waals surface area contributed by atoms with E-state index in [0.29, 0.717) is 25.7 Å². The van der Waals surface area contributed by atoms with Gasteiger partial charge >= 0.3 is 5.97 Å². The number of carboxylic acid groups (broad SMARTS) is 1. The fourth-order valence-corrected chi connectivity index (χ4v) is 3.56. The van der Waals surface area contributed by atoms with Crippen LogP contribution in [0.15, 0.2) is 36.4 Å². The topological polar surface area (TPSA) is 75.6 Å². The minimum atomic E-state index is -0.838. The number of hydrogen-bond donors (Lipinski definition) is 2. The molecule has 0 radical (unpaired) electrons. The summed E-state index contributed by atoms with van der Waals surface area (Å²) in [6.45, 7) is 0. The summed E-state index contributed by atoms with van der Waals surface area (Å²) in [5, 5.41) is 14.2. The van der Waals surface area contributed by atoms with Crippen LogP contribution in [0, 0.1) is 0 Å². The van der Waals surface area contributed by atoms with Crippen LogP contribution in [-0.4, -0.2) is 29.6 Å². The number of benzene rings is 2. The SMILES string of the molecule is COc1ccc(CC2(CCC(=O)O)CCC(=O)N2)c2ccccc12. The molecule has 0 spiro atoms. The van der Waals surface area contributed by atoms with Gasteiger partial charge in [-0.25, -0.2) is 0 Å². The van der Waals surface area contributed by atoms with Crippen LogP contribution in [0.2, 0.25) is 0 Å². The highest BCUT2D eigenvalue weighted by atomic mass is 16.5. The number of ether oxygens (including phenoxy) is 1. The van der Waals surface area contributed by atoms with Gasteiger partial charge in [0.15, 0.2) is 0 Å². The van der Waals surface area contributed by atoms with Crippen LogP contribution < -0.4 is 10.1 Å². The van der Waals surface area contributed by atoms with Gasteiger partial charge in [-0.3, -0.25) is 9.59 Å². The van der Waals surface area contributed by atoms with E-state index in [1.807, 2.05) is 36.4 Å². The highest BCUT2D eigenvalue weighted by molar-refractivity contribution is 5.91. The number of carboxylic acids is 1. The molecule has 1 atom stereocenters. The zero-order chi connectivity index (χ0) is 17.2. The standard InChI is InChI=1S/C19H21NO4/c1-24-16-7-6-13(14-4-2-3-5-15(14)16)12-19(11-9-18(22)23)10-8-17(21)20-19/h2-7H,8-12H2,1H3,(H,20,21)(H,22,23). The van der Waals surface area contributed by atoms with Crippen molar-refractivity contribution < 1.29 is 19.4 Å². The zero-order valence-electron chi connectivity index (χ0n) is 13.7. The normalized spacial score (nSPS) is 20.1. The van der Waals surface area contributed by atoms with Crippen molar-refractivity contribution >= 4 is 22.6 Å². The summed E-state index contributed by atoms with van der Waals surface area (Å²) in [6.07, 6.45) is 2.23. The summed E-state index contributed by atoms with van der Waals surface area (Å²) in [5.74, 6) is -0.0299. The van der Waals surface area contributed by atoms with Crippen molar-refractivity contribution in [1.82, 2.24) is 5.32 Å². The molecule has 1 amide bonds. The Morgan fingerprint density at radius 1 is 1.25 bits per heavy atom. The van der Waals surface area contributed by atoms with E-state index in [1.165, 1.54) is 0 Å². The third-order valence-electron chi connectivity index (χ3n) is 4.78. The second kappa shape index (κ2) is 6.51. The first kappa shape index (κ1) is 16.3. The number of methoxy groups -OCH3 is 1. The summed E-state index contributed by atoms with van der Waals surface area (Å²) in [7, 11) is 1.65. The summed E-state index contributed by atoms with van der Waals surface area (Å²) in [4.78, 5) is 22.8. The van der Waals surface area contributed by atoms with Crippen molar-refractivity contribution in [3.63, 3.8) is 0 Å². The lowest BCUT2D eigenvalue weighted by Crippen LogP contribution is -2.44. The van der Waals surface area contributed by atoms with E-state index in [4.69, 9.17) is 9.84 Å².